The van der Waals surface area contributed by atoms with E-state index in [1.807, 2.05) is 0 Å². The van der Waals surface area contributed by atoms with E-state index in [1.165, 1.54) is 12.1 Å². The Morgan fingerprint density at radius 2 is 1.96 bits per heavy atom. The molecule has 0 saturated heterocycles. The van der Waals surface area contributed by atoms with Crippen LogP contribution in [0.3, 0.4) is 0 Å². The van der Waals surface area contributed by atoms with Crippen molar-refractivity contribution in [1.29, 1.82) is 0 Å². The third kappa shape index (κ3) is 3.17. The number of ether oxygens (including phenoxy) is 1. The van der Waals surface area contributed by atoms with E-state index in [0.29, 0.717) is 21.9 Å². The van der Waals surface area contributed by atoms with Crippen molar-refractivity contribution < 1.29 is 22.7 Å². The summed E-state index contributed by atoms with van der Waals surface area (Å²) in [6.45, 7) is 0. The van der Waals surface area contributed by atoms with Gasteiger partial charge in [-0.3, -0.25) is 4.79 Å². The molecule has 1 aliphatic carbocycles. The lowest BCUT2D eigenvalue weighted by atomic mass is 9.88. The highest BCUT2D eigenvalue weighted by Gasteiger charge is 2.43. The van der Waals surface area contributed by atoms with E-state index in [-0.39, 0.29) is 16.5 Å². The zero-order chi connectivity index (χ0) is 17.8. The van der Waals surface area contributed by atoms with Crippen LogP contribution in [0.15, 0.2) is 27.6 Å². The molecule has 4 rings (SSSR count). The number of hydrogen-bond donors (Lipinski definition) is 2. The number of carbonyl (C=O) groups excluding carboxylic acids is 1. The number of carbonyl (C=O) groups is 1. The number of benzene rings is 1. The minimum atomic E-state index is -4.83. The normalized spacial score (nSPS) is 21.5. The predicted molar refractivity (Wildman–Crippen MR) is 88.6 cm³/mol. The molecule has 25 heavy (non-hydrogen) atoms. The van der Waals surface area contributed by atoms with Crippen LogP contribution in [-0.4, -0.2) is 17.8 Å². The molecule has 2 heterocycles. The Labute approximate surface area is 151 Å². The molecule has 0 bridgehead atoms. The van der Waals surface area contributed by atoms with Gasteiger partial charge in [0, 0.05) is 22.6 Å². The SMILES string of the molecule is O=C1NC2(CCCC2)CC2=C1Sc1cc(OC(F)(F)F)c(Cl)cc1N2. The van der Waals surface area contributed by atoms with Gasteiger partial charge in [0.1, 0.15) is 5.75 Å². The number of nitrogens with one attached hydrogen (secondary N) is 2. The standard InChI is InChI=1S/C16H14ClF3N2O2S/c17-8-5-9-12(6-11(8)24-16(18,19)20)25-13-10(21-9)7-15(22-14(13)23)3-1-2-4-15/h5-6,21H,1-4,7H2,(H,22,23). The molecule has 1 aromatic rings. The van der Waals surface area contributed by atoms with Crippen molar-refractivity contribution in [3.63, 3.8) is 0 Å². The third-order valence-corrected chi connectivity index (χ3v) is 6.18. The van der Waals surface area contributed by atoms with Gasteiger partial charge < -0.3 is 15.4 Å². The summed E-state index contributed by atoms with van der Waals surface area (Å²) in [4.78, 5) is 13.5. The second kappa shape index (κ2) is 5.74. The Kier molecular flexibility index (Phi) is 3.88. The molecule has 4 nitrogen and oxygen atoms in total. The molecule has 134 valence electrons. The maximum atomic E-state index is 12.5. The highest BCUT2D eigenvalue weighted by Crippen LogP contribution is 2.49. The lowest BCUT2D eigenvalue weighted by Gasteiger charge is -2.39. The molecule has 1 spiro atoms. The Bertz CT molecular complexity index is 788. The zero-order valence-electron chi connectivity index (χ0n) is 12.9. The summed E-state index contributed by atoms with van der Waals surface area (Å²) in [7, 11) is 0. The Hall–Kier alpha value is -1.54. The molecule has 1 amide bonds. The molecular weight excluding hydrogens is 377 g/mol. The van der Waals surface area contributed by atoms with Gasteiger partial charge in [-0.2, -0.15) is 0 Å². The number of rotatable bonds is 1. The van der Waals surface area contributed by atoms with E-state index in [4.69, 9.17) is 11.6 Å². The van der Waals surface area contributed by atoms with E-state index < -0.39 is 12.1 Å². The van der Waals surface area contributed by atoms with Crippen LogP contribution in [-0.2, 0) is 4.79 Å². The molecule has 3 aliphatic rings. The first-order valence-electron chi connectivity index (χ1n) is 7.85. The summed E-state index contributed by atoms with van der Waals surface area (Å²) in [6.07, 6.45) is -0.0973. The molecular formula is C16H14ClF3N2O2S. The van der Waals surface area contributed by atoms with Gasteiger partial charge in [0.2, 0.25) is 0 Å². The molecule has 2 N–H and O–H groups in total. The van der Waals surface area contributed by atoms with E-state index in [1.54, 1.807) is 0 Å². The zero-order valence-corrected chi connectivity index (χ0v) is 14.5. The maximum absolute atomic E-state index is 12.5. The first-order valence-corrected chi connectivity index (χ1v) is 9.04. The second-order valence-electron chi connectivity index (χ2n) is 6.48. The molecule has 0 radical (unpaired) electrons. The summed E-state index contributed by atoms with van der Waals surface area (Å²) in [5, 5.41) is 6.14. The molecule has 1 aromatic carbocycles. The molecule has 0 atom stereocenters. The lowest BCUT2D eigenvalue weighted by Crippen LogP contribution is -2.51. The van der Waals surface area contributed by atoms with Crippen LogP contribution in [0.2, 0.25) is 5.02 Å². The summed E-state index contributed by atoms with van der Waals surface area (Å²) in [5.74, 6) is -0.658. The van der Waals surface area contributed by atoms with Crippen molar-refractivity contribution in [2.75, 3.05) is 5.32 Å². The number of alkyl halides is 3. The highest BCUT2D eigenvalue weighted by atomic mass is 35.5. The van der Waals surface area contributed by atoms with Gasteiger partial charge in [-0.05, 0) is 25.0 Å². The van der Waals surface area contributed by atoms with Crippen molar-refractivity contribution in [2.24, 2.45) is 0 Å². The molecule has 0 unspecified atom stereocenters. The number of anilines is 1. The van der Waals surface area contributed by atoms with Crippen molar-refractivity contribution in [2.45, 2.75) is 48.9 Å². The molecule has 1 fully saturated rings. The van der Waals surface area contributed by atoms with Gasteiger partial charge in [-0.25, -0.2) is 0 Å². The van der Waals surface area contributed by atoms with E-state index in [2.05, 4.69) is 15.4 Å². The van der Waals surface area contributed by atoms with Crippen LogP contribution in [0, 0.1) is 0 Å². The van der Waals surface area contributed by atoms with Crippen LogP contribution < -0.4 is 15.4 Å². The molecule has 2 aliphatic heterocycles. The van der Waals surface area contributed by atoms with Crippen molar-refractivity contribution in [3.8, 4) is 5.75 Å². The van der Waals surface area contributed by atoms with Gasteiger partial charge in [-0.15, -0.1) is 13.2 Å². The fourth-order valence-electron chi connectivity index (χ4n) is 3.65. The van der Waals surface area contributed by atoms with E-state index >= 15 is 0 Å². The molecule has 9 heteroatoms. The number of fused-ring (bicyclic) bond motifs is 1. The number of hydrogen-bond acceptors (Lipinski definition) is 4. The van der Waals surface area contributed by atoms with Gasteiger partial charge >= 0.3 is 6.36 Å². The largest absolute Gasteiger partial charge is 0.573 e. The highest BCUT2D eigenvalue weighted by molar-refractivity contribution is 8.04. The predicted octanol–water partition coefficient (Wildman–Crippen LogP) is 4.80. The smallest absolute Gasteiger partial charge is 0.404 e. The van der Waals surface area contributed by atoms with Crippen LogP contribution in [0.4, 0.5) is 18.9 Å². The minimum absolute atomic E-state index is 0.135. The number of amides is 1. The molecule has 0 aromatic heterocycles. The first-order chi connectivity index (χ1) is 11.7. The van der Waals surface area contributed by atoms with Crippen LogP contribution in [0.1, 0.15) is 32.1 Å². The Balaban J connectivity index is 1.65. The van der Waals surface area contributed by atoms with Gasteiger partial charge in [0.25, 0.3) is 5.91 Å². The summed E-state index contributed by atoms with van der Waals surface area (Å²) in [5.41, 5.74) is 1.19. The Morgan fingerprint density at radius 1 is 1.24 bits per heavy atom. The fourth-order valence-corrected chi connectivity index (χ4v) is 4.85. The first kappa shape index (κ1) is 16.9. The average molecular weight is 391 g/mol. The van der Waals surface area contributed by atoms with Crippen LogP contribution in [0.25, 0.3) is 0 Å². The van der Waals surface area contributed by atoms with E-state index in [0.717, 1.165) is 43.1 Å². The van der Waals surface area contributed by atoms with Crippen molar-refractivity contribution in [3.05, 3.63) is 27.8 Å². The Morgan fingerprint density at radius 3 is 2.64 bits per heavy atom. The summed E-state index contributed by atoms with van der Waals surface area (Å²) >= 11 is 7.06. The summed E-state index contributed by atoms with van der Waals surface area (Å²) in [6, 6.07) is 2.61. The van der Waals surface area contributed by atoms with Crippen molar-refractivity contribution >= 4 is 35.0 Å². The lowest BCUT2D eigenvalue weighted by molar-refractivity contribution is -0.274. The van der Waals surface area contributed by atoms with Gasteiger partial charge in [-0.1, -0.05) is 36.2 Å². The van der Waals surface area contributed by atoms with Gasteiger partial charge in [0.15, 0.2) is 0 Å². The second-order valence-corrected chi connectivity index (χ2v) is 7.94. The van der Waals surface area contributed by atoms with Crippen LogP contribution in [0.5, 0.6) is 5.75 Å². The average Bonchev–Trinajstić information content (AvgIpc) is 2.93. The van der Waals surface area contributed by atoms with Crippen LogP contribution >= 0.6 is 23.4 Å². The number of halogens is 4. The van der Waals surface area contributed by atoms with E-state index in [9.17, 15) is 18.0 Å². The topological polar surface area (TPSA) is 50.4 Å². The molecule has 1 saturated carbocycles. The third-order valence-electron chi connectivity index (χ3n) is 4.69. The van der Waals surface area contributed by atoms with Crippen molar-refractivity contribution in [1.82, 2.24) is 5.32 Å². The number of thioether (sulfide) groups is 1. The quantitative estimate of drug-likeness (QED) is 0.723. The monoisotopic (exact) mass is 390 g/mol. The minimum Gasteiger partial charge on any atom is -0.404 e. The maximum Gasteiger partial charge on any atom is 0.573 e. The summed E-state index contributed by atoms with van der Waals surface area (Å²) < 4.78 is 41.4. The fraction of sp³-hybridized carbons (Fsp3) is 0.438. The van der Waals surface area contributed by atoms with Gasteiger partial charge in [0.05, 0.1) is 15.6 Å².